The molecule has 0 aliphatic carbocycles. The van der Waals surface area contributed by atoms with Crippen LogP contribution >= 0.6 is 0 Å². The zero-order chi connectivity index (χ0) is 24.2. The Morgan fingerprint density at radius 2 is 1.57 bits per heavy atom. The fraction of sp³-hybridized carbons (Fsp3) is 0.296. The molecule has 3 aromatic rings. The van der Waals surface area contributed by atoms with Gasteiger partial charge in [-0.3, -0.25) is 9.69 Å². The minimum Gasteiger partial charge on any atom is -0.457 e. The molecule has 1 saturated heterocycles. The molecule has 2 aliphatic rings. The van der Waals surface area contributed by atoms with Crippen LogP contribution in [0.5, 0.6) is 23.0 Å². The molecule has 0 radical (unpaired) electrons. The van der Waals surface area contributed by atoms with Crippen LogP contribution in [0.3, 0.4) is 0 Å². The maximum atomic E-state index is 12.9. The van der Waals surface area contributed by atoms with Crippen LogP contribution in [0.2, 0.25) is 0 Å². The Kier molecular flexibility index (Phi) is 6.63. The van der Waals surface area contributed by atoms with Gasteiger partial charge in [0.25, 0.3) is 0 Å². The fourth-order valence-electron chi connectivity index (χ4n) is 4.29. The summed E-state index contributed by atoms with van der Waals surface area (Å²) < 4.78 is 16.7. The van der Waals surface area contributed by atoms with Crippen molar-refractivity contribution < 1.29 is 19.0 Å². The number of fused-ring (bicyclic) bond motifs is 1. The van der Waals surface area contributed by atoms with Crippen LogP contribution in [-0.2, 0) is 11.3 Å². The predicted molar refractivity (Wildman–Crippen MR) is 135 cm³/mol. The maximum absolute atomic E-state index is 12.9. The van der Waals surface area contributed by atoms with Gasteiger partial charge in [-0.25, -0.2) is 0 Å². The summed E-state index contributed by atoms with van der Waals surface area (Å²) >= 11 is 0. The molecule has 0 spiro atoms. The smallest absolute Gasteiger partial charge is 0.242 e. The second-order valence-corrected chi connectivity index (χ2v) is 8.87. The van der Waals surface area contributed by atoms with Gasteiger partial charge in [-0.15, -0.1) is 0 Å². The van der Waals surface area contributed by atoms with Crippen LogP contribution in [0.4, 0.5) is 11.4 Å². The molecule has 35 heavy (non-hydrogen) atoms. The van der Waals surface area contributed by atoms with E-state index in [1.165, 1.54) is 5.56 Å². The molecule has 8 nitrogen and oxygen atoms in total. The Bertz CT molecular complexity index is 1160. The summed E-state index contributed by atoms with van der Waals surface area (Å²) in [4.78, 5) is 19.2. The molecular formula is C27H30N4O4. The van der Waals surface area contributed by atoms with Gasteiger partial charge in [0.1, 0.15) is 11.5 Å². The highest BCUT2D eigenvalue weighted by atomic mass is 16.7. The Morgan fingerprint density at radius 1 is 0.914 bits per heavy atom. The molecule has 5 rings (SSSR count). The highest BCUT2D eigenvalue weighted by Crippen LogP contribution is 2.33. The molecule has 0 unspecified atom stereocenters. The van der Waals surface area contributed by atoms with Gasteiger partial charge in [0, 0.05) is 51.1 Å². The molecule has 0 aromatic heterocycles. The van der Waals surface area contributed by atoms with Crippen LogP contribution in [0.25, 0.3) is 0 Å². The van der Waals surface area contributed by atoms with Crippen LogP contribution in [0.15, 0.2) is 66.7 Å². The summed E-state index contributed by atoms with van der Waals surface area (Å²) in [6, 6.07) is 21.1. The van der Waals surface area contributed by atoms with Gasteiger partial charge in [0.2, 0.25) is 12.7 Å². The second kappa shape index (κ2) is 10.1. The van der Waals surface area contributed by atoms with E-state index in [4.69, 9.17) is 19.9 Å². The van der Waals surface area contributed by atoms with E-state index in [2.05, 4.69) is 11.0 Å². The molecule has 0 saturated carbocycles. The normalized spacial score (nSPS) is 15.2. The molecule has 1 amide bonds. The number of nitrogen functional groups attached to an aromatic ring is 1. The van der Waals surface area contributed by atoms with Crippen LogP contribution < -0.4 is 24.8 Å². The first-order valence-corrected chi connectivity index (χ1v) is 11.8. The molecule has 3 aromatic carbocycles. The van der Waals surface area contributed by atoms with Crippen molar-refractivity contribution in [3.05, 3.63) is 72.3 Å². The third-order valence-electron chi connectivity index (χ3n) is 6.33. The third kappa shape index (κ3) is 5.60. The summed E-state index contributed by atoms with van der Waals surface area (Å²) in [6.45, 7) is 4.61. The van der Waals surface area contributed by atoms with E-state index in [1.807, 2.05) is 65.4 Å². The van der Waals surface area contributed by atoms with Gasteiger partial charge in [-0.1, -0.05) is 6.07 Å². The van der Waals surface area contributed by atoms with Crippen LogP contribution in [0.1, 0.15) is 5.56 Å². The molecular weight excluding hydrogens is 444 g/mol. The van der Waals surface area contributed by atoms with Crippen molar-refractivity contribution in [3.63, 3.8) is 0 Å². The number of benzene rings is 3. The highest BCUT2D eigenvalue weighted by molar-refractivity contribution is 5.81. The lowest BCUT2D eigenvalue weighted by molar-refractivity contribution is -0.131. The van der Waals surface area contributed by atoms with Crippen molar-refractivity contribution in [2.24, 2.45) is 0 Å². The van der Waals surface area contributed by atoms with Gasteiger partial charge in [-0.05, 0) is 66.2 Å². The number of anilines is 2. The summed E-state index contributed by atoms with van der Waals surface area (Å²) in [7, 11) is 1.93. The van der Waals surface area contributed by atoms with Crippen LogP contribution in [0, 0.1) is 0 Å². The van der Waals surface area contributed by atoms with Crippen molar-refractivity contribution in [1.82, 2.24) is 9.80 Å². The van der Waals surface area contributed by atoms with Gasteiger partial charge >= 0.3 is 0 Å². The number of likely N-dealkylation sites (N-methyl/N-ethyl adjacent to an activating group) is 1. The van der Waals surface area contributed by atoms with Crippen molar-refractivity contribution in [3.8, 4) is 23.0 Å². The molecule has 2 aliphatic heterocycles. The van der Waals surface area contributed by atoms with Crippen molar-refractivity contribution >= 4 is 17.3 Å². The lowest BCUT2D eigenvalue weighted by Gasteiger charge is -2.35. The summed E-state index contributed by atoms with van der Waals surface area (Å²) in [5, 5.41) is 0. The first-order chi connectivity index (χ1) is 17.0. The van der Waals surface area contributed by atoms with Crippen LogP contribution in [-0.4, -0.2) is 62.3 Å². The highest BCUT2D eigenvalue weighted by Gasteiger charge is 2.23. The lowest BCUT2D eigenvalue weighted by Crippen LogP contribution is -2.50. The van der Waals surface area contributed by atoms with E-state index in [9.17, 15) is 4.79 Å². The van der Waals surface area contributed by atoms with Crippen molar-refractivity contribution in [1.29, 1.82) is 0 Å². The zero-order valence-corrected chi connectivity index (χ0v) is 19.9. The minimum absolute atomic E-state index is 0.137. The van der Waals surface area contributed by atoms with Crippen molar-refractivity contribution in [2.75, 3.05) is 57.2 Å². The number of nitrogens with two attached hydrogens (primary N) is 1. The number of amides is 1. The molecule has 1 fully saturated rings. The number of piperazine rings is 1. The molecule has 8 heteroatoms. The zero-order valence-electron chi connectivity index (χ0n) is 19.9. The SMILES string of the molecule is CN(CC(=O)N1CCN(Cc2ccc3c(c2)OCO3)CC1)c1ccc(Oc2ccc(N)cc2)cc1. The predicted octanol–water partition coefficient (Wildman–Crippen LogP) is 3.57. The van der Waals surface area contributed by atoms with E-state index >= 15 is 0 Å². The van der Waals surface area contributed by atoms with Gasteiger partial charge < -0.3 is 29.7 Å². The van der Waals surface area contributed by atoms with E-state index in [1.54, 1.807) is 12.1 Å². The molecule has 182 valence electrons. The van der Waals surface area contributed by atoms with E-state index in [-0.39, 0.29) is 12.7 Å². The molecule has 2 heterocycles. The quantitative estimate of drug-likeness (QED) is 0.525. The van der Waals surface area contributed by atoms with E-state index in [0.717, 1.165) is 61.4 Å². The molecule has 0 bridgehead atoms. The van der Waals surface area contributed by atoms with Crippen molar-refractivity contribution in [2.45, 2.75) is 6.54 Å². The first kappa shape index (κ1) is 22.9. The Morgan fingerprint density at radius 3 is 2.29 bits per heavy atom. The maximum Gasteiger partial charge on any atom is 0.242 e. The molecule has 2 N–H and O–H groups in total. The minimum atomic E-state index is 0.137. The number of hydrogen-bond donors (Lipinski definition) is 1. The van der Waals surface area contributed by atoms with Gasteiger partial charge in [0.05, 0.1) is 6.54 Å². The summed E-state index contributed by atoms with van der Waals surface area (Å²) in [6.07, 6.45) is 0. The number of nitrogens with zero attached hydrogens (tertiary/aromatic N) is 3. The number of carbonyl (C=O) groups is 1. The monoisotopic (exact) mass is 474 g/mol. The Labute approximate surface area is 205 Å². The fourth-order valence-corrected chi connectivity index (χ4v) is 4.29. The Balaban J connectivity index is 1.09. The topological polar surface area (TPSA) is 80.5 Å². The number of hydrogen-bond acceptors (Lipinski definition) is 7. The lowest BCUT2D eigenvalue weighted by atomic mass is 10.1. The van der Waals surface area contributed by atoms with Gasteiger partial charge in [-0.2, -0.15) is 0 Å². The largest absolute Gasteiger partial charge is 0.457 e. The summed E-state index contributed by atoms with van der Waals surface area (Å²) in [5.74, 6) is 3.21. The number of ether oxygens (including phenoxy) is 3. The molecule has 0 atom stereocenters. The first-order valence-electron chi connectivity index (χ1n) is 11.8. The van der Waals surface area contributed by atoms with Gasteiger partial charge in [0.15, 0.2) is 11.5 Å². The summed E-state index contributed by atoms with van der Waals surface area (Å²) in [5.41, 5.74) is 8.57. The van der Waals surface area contributed by atoms with E-state index < -0.39 is 0 Å². The third-order valence-corrected chi connectivity index (χ3v) is 6.33. The standard InChI is InChI=1S/C27H30N4O4/c1-29(22-5-9-24(10-6-22)35-23-7-3-21(28)4-8-23)18-27(32)31-14-12-30(13-15-31)17-20-2-11-25-26(16-20)34-19-33-25/h2-11,16H,12-15,17-19,28H2,1H3. The second-order valence-electron chi connectivity index (χ2n) is 8.87. The van der Waals surface area contributed by atoms with E-state index in [0.29, 0.717) is 12.2 Å². The Hall–Kier alpha value is -3.91. The average molecular weight is 475 g/mol. The number of rotatable bonds is 7. The average Bonchev–Trinajstić information content (AvgIpc) is 3.34. The number of carbonyl (C=O) groups excluding carboxylic acids is 1.